The number of carbonyl (C=O) groups is 1. The van der Waals surface area contributed by atoms with Crippen LogP contribution in [0.3, 0.4) is 0 Å². The molecule has 0 aromatic carbocycles. The fourth-order valence-corrected chi connectivity index (χ4v) is 5.12. The number of pyridine rings is 1. The number of nitriles is 1. The lowest BCUT2D eigenvalue weighted by Gasteiger charge is -2.18. The molecular weight excluding hydrogens is 498 g/mol. The number of ether oxygens (including phenoxy) is 1. The van der Waals surface area contributed by atoms with E-state index in [1.807, 2.05) is 65.2 Å². The number of aromatic nitrogens is 5. The Morgan fingerprint density at radius 2 is 1.82 bits per heavy atom. The molecule has 0 aliphatic heterocycles. The summed E-state index contributed by atoms with van der Waals surface area (Å²) in [5, 5.41) is 27.8. The lowest BCUT2D eigenvalue weighted by atomic mass is 9.90. The minimum absolute atomic E-state index is 0.375. The third kappa shape index (κ3) is 7.35. The molecule has 4 heterocycles. The fourth-order valence-electron chi connectivity index (χ4n) is 4.08. The van der Waals surface area contributed by atoms with Crippen LogP contribution in [-0.2, 0) is 9.53 Å². The number of anilines is 1. The smallest absolute Gasteiger partial charge is 0.292 e. The van der Waals surface area contributed by atoms with Crippen LogP contribution in [-0.4, -0.2) is 45.4 Å². The monoisotopic (exact) mass is 535 g/mol. The first kappa shape index (κ1) is 30.4. The lowest BCUT2D eigenvalue weighted by Crippen LogP contribution is -2.03. The molecule has 1 aliphatic carbocycles. The zero-order valence-electron chi connectivity index (χ0n) is 23.1. The van der Waals surface area contributed by atoms with Crippen LogP contribution in [0.5, 0.6) is 0 Å². The first-order valence-corrected chi connectivity index (χ1v) is 13.9. The van der Waals surface area contributed by atoms with E-state index in [2.05, 4.69) is 31.4 Å². The average Bonchev–Trinajstić information content (AvgIpc) is 3.67. The predicted molar refractivity (Wildman–Crippen MR) is 153 cm³/mol. The van der Waals surface area contributed by atoms with Gasteiger partial charge in [0.05, 0.1) is 41.3 Å². The lowest BCUT2D eigenvalue weighted by molar-refractivity contribution is -0.126. The van der Waals surface area contributed by atoms with Crippen LogP contribution in [0.2, 0.25) is 0 Å². The fraction of sp³-hybridized carbons (Fsp3) is 0.429. The number of hydrogen-bond acceptors (Lipinski definition) is 9. The molecule has 0 amide bonds. The quantitative estimate of drug-likeness (QED) is 0.280. The molecule has 9 nitrogen and oxygen atoms in total. The number of nitrogens with zero attached hydrogens (tertiary/aromatic N) is 6. The third-order valence-electron chi connectivity index (χ3n) is 5.79. The summed E-state index contributed by atoms with van der Waals surface area (Å²) >= 11 is 1.68. The Morgan fingerprint density at radius 1 is 1.11 bits per heavy atom. The molecule has 4 aromatic heterocycles. The van der Waals surface area contributed by atoms with E-state index >= 15 is 0 Å². The summed E-state index contributed by atoms with van der Waals surface area (Å²) in [4.78, 5) is 13.6. The molecule has 1 aliphatic rings. The van der Waals surface area contributed by atoms with Crippen LogP contribution in [0.25, 0.3) is 27.5 Å². The number of carbonyl (C=O) groups excluding carboxylic acids is 1. The number of methoxy groups -OCH3 is 1. The summed E-state index contributed by atoms with van der Waals surface area (Å²) in [5.74, 6) is 0.548. The maximum absolute atomic E-state index is 9.08. The van der Waals surface area contributed by atoms with Gasteiger partial charge >= 0.3 is 0 Å². The average molecular weight is 536 g/mol. The van der Waals surface area contributed by atoms with Crippen LogP contribution < -0.4 is 5.32 Å². The predicted octanol–water partition coefficient (Wildman–Crippen LogP) is 6.72. The van der Waals surface area contributed by atoms with Gasteiger partial charge < -0.3 is 10.1 Å². The van der Waals surface area contributed by atoms with E-state index < -0.39 is 0 Å². The van der Waals surface area contributed by atoms with Crippen LogP contribution >= 0.6 is 11.3 Å². The standard InChI is InChI=1S/C22H21N7S.C2H4O2.2C2H6/c1-24-18-10-19(20-8-7-16-9-14(11-23)12-26-29(16)20)25-13-17(18)22-28-27-21(30-22)15-5-3-2-4-6-15;1-4-2-3;2*1-2/h7-10,12-13,15H,2-6H2,1H3,(H,24,25);2H,1H3;2*1-2H3. The highest BCUT2D eigenvalue weighted by Gasteiger charge is 2.21. The molecule has 0 atom stereocenters. The summed E-state index contributed by atoms with van der Waals surface area (Å²) in [6.07, 6.45) is 9.75. The summed E-state index contributed by atoms with van der Waals surface area (Å²) < 4.78 is 5.66. The molecule has 10 heteroatoms. The number of rotatable bonds is 5. The second-order valence-corrected chi connectivity index (χ2v) is 8.90. The van der Waals surface area contributed by atoms with Gasteiger partial charge in [-0.15, -0.1) is 10.2 Å². The number of hydrogen-bond donors (Lipinski definition) is 1. The van der Waals surface area contributed by atoms with Gasteiger partial charge in [-0.2, -0.15) is 10.4 Å². The first-order chi connectivity index (χ1) is 18.7. The number of nitrogens with one attached hydrogen (secondary N) is 1. The SMILES string of the molecule is CC.CC.CNc1cc(-c2ccc3cc(C#N)cnn23)ncc1-c1nnc(C2CCCCC2)s1.COC=O. The van der Waals surface area contributed by atoms with Gasteiger partial charge in [0.2, 0.25) is 0 Å². The topological polar surface area (TPSA) is 118 Å². The van der Waals surface area contributed by atoms with Crippen LogP contribution in [0, 0.1) is 11.3 Å². The Morgan fingerprint density at radius 3 is 2.45 bits per heavy atom. The molecule has 1 N–H and O–H groups in total. The molecule has 0 unspecified atom stereocenters. The first-order valence-electron chi connectivity index (χ1n) is 13.0. The van der Waals surface area contributed by atoms with Crippen molar-refractivity contribution in [3.05, 3.63) is 47.2 Å². The Hall–Kier alpha value is -3.84. The van der Waals surface area contributed by atoms with Gasteiger partial charge in [0.25, 0.3) is 6.47 Å². The van der Waals surface area contributed by atoms with Gasteiger partial charge in [-0.3, -0.25) is 9.78 Å². The summed E-state index contributed by atoms with van der Waals surface area (Å²) in [6, 6.07) is 9.87. The van der Waals surface area contributed by atoms with E-state index in [4.69, 9.17) is 15.0 Å². The van der Waals surface area contributed by atoms with Crippen LogP contribution in [0.4, 0.5) is 5.69 Å². The van der Waals surface area contributed by atoms with Gasteiger partial charge in [0.15, 0.2) is 5.01 Å². The van der Waals surface area contributed by atoms with Gasteiger partial charge in [0.1, 0.15) is 11.1 Å². The van der Waals surface area contributed by atoms with Crippen molar-refractivity contribution in [2.75, 3.05) is 19.5 Å². The second-order valence-electron chi connectivity index (χ2n) is 7.89. The van der Waals surface area contributed by atoms with Crippen molar-refractivity contribution in [2.24, 2.45) is 0 Å². The zero-order chi connectivity index (χ0) is 27.9. The zero-order valence-corrected chi connectivity index (χ0v) is 23.9. The molecule has 0 spiro atoms. The minimum atomic E-state index is 0.375. The molecule has 1 fully saturated rings. The van der Waals surface area contributed by atoms with E-state index in [1.54, 1.807) is 22.0 Å². The van der Waals surface area contributed by atoms with E-state index in [-0.39, 0.29) is 0 Å². The van der Waals surface area contributed by atoms with Crippen molar-refractivity contribution in [3.63, 3.8) is 0 Å². The van der Waals surface area contributed by atoms with Crippen molar-refractivity contribution in [1.82, 2.24) is 24.8 Å². The van der Waals surface area contributed by atoms with Gasteiger partial charge in [-0.1, -0.05) is 58.3 Å². The molecular formula is C28H37N7O2S. The van der Waals surface area contributed by atoms with E-state index in [0.717, 1.165) is 38.2 Å². The highest BCUT2D eigenvalue weighted by molar-refractivity contribution is 7.14. The van der Waals surface area contributed by atoms with Crippen molar-refractivity contribution in [2.45, 2.75) is 65.7 Å². The van der Waals surface area contributed by atoms with Gasteiger partial charge in [-0.25, -0.2) is 4.52 Å². The Balaban J connectivity index is 0.000000571. The van der Waals surface area contributed by atoms with Crippen LogP contribution in [0.15, 0.2) is 36.7 Å². The second kappa shape index (κ2) is 16.1. The molecule has 38 heavy (non-hydrogen) atoms. The Bertz CT molecular complexity index is 1320. The van der Waals surface area contributed by atoms with Crippen molar-refractivity contribution in [3.8, 4) is 28.0 Å². The maximum atomic E-state index is 9.08. The van der Waals surface area contributed by atoms with E-state index in [9.17, 15) is 0 Å². The Labute approximate surface area is 228 Å². The molecule has 0 radical (unpaired) electrons. The highest BCUT2D eigenvalue weighted by Crippen LogP contribution is 2.38. The summed E-state index contributed by atoms with van der Waals surface area (Å²) in [5.41, 5.74) is 4.99. The summed E-state index contributed by atoms with van der Waals surface area (Å²) in [7, 11) is 3.21. The minimum Gasteiger partial charge on any atom is -0.471 e. The normalized spacial score (nSPS) is 12.4. The summed E-state index contributed by atoms with van der Waals surface area (Å²) in [6.45, 7) is 8.38. The van der Waals surface area contributed by atoms with Gasteiger partial charge in [-0.05, 0) is 37.1 Å². The molecule has 1 saturated carbocycles. The largest absolute Gasteiger partial charge is 0.471 e. The molecule has 0 bridgehead atoms. The van der Waals surface area contributed by atoms with Crippen molar-refractivity contribution < 1.29 is 9.53 Å². The highest BCUT2D eigenvalue weighted by atomic mass is 32.1. The number of fused-ring (bicyclic) bond motifs is 1. The van der Waals surface area contributed by atoms with Crippen molar-refractivity contribution in [1.29, 1.82) is 5.26 Å². The molecule has 0 saturated heterocycles. The van der Waals surface area contributed by atoms with E-state index in [1.165, 1.54) is 39.2 Å². The van der Waals surface area contributed by atoms with Crippen molar-refractivity contribution >= 4 is 29.0 Å². The molecule has 202 valence electrons. The Kier molecular flexibility index (Phi) is 12.9. The molecule has 5 rings (SSSR count). The van der Waals surface area contributed by atoms with E-state index in [0.29, 0.717) is 18.0 Å². The van der Waals surface area contributed by atoms with Gasteiger partial charge in [0, 0.05) is 24.8 Å². The van der Waals surface area contributed by atoms with Crippen LogP contribution in [0.1, 0.15) is 76.3 Å². The maximum Gasteiger partial charge on any atom is 0.292 e. The third-order valence-corrected chi connectivity index (χ3v) is 6.91. The molecule has 4 aromatic rings.